The second kappa shape index (κ2) is 3.72. The molecule has 0 aromatic rings. The van der Waals surface area contributed by atoms with Crippen molar-refractivity contribution in [1.29, 1.82) is 0 Å². The molecular weight excluding hydrogens is 224 g/mol. The lowest BCUT2D eigenvalue weighted by molar-refractivity contribution is -0.141. The summed E-state index contributed by atoms with van der Waals surface area (Å²) in [5.41, 5.74) is 2.21. The van der Waals surface area contributed by atoms with Crippen LogP contribution in [0.1, 0.15) is 32.1 Å². The van der Waals surface area contributed by atoms with Crippen molar-refractivity contribution < 1.29 is 19.1 Å². The van der Waals surface area contributed by atoms with Crippen LogP contribution < -0.4 is 5.43 Å². The zero-order valence-corrected chi connectivity index (χ0v) is 9.35. The minimum Gasteiger partial charge on any atom is -0.445 e. The minimum atomic E-state index is -0.695. The van der Waals surface area contributed by atoms with Crippen LogP contribution in [0.15, 0.2) is 0 Å². The van der Waals surface area contributed by atoms with Crippen LogP contribution in [0.2, 0.25) is 0 Å². The minimum absolute atomic E-state index is 0.0495. The molecule has 1 N–H and O–H groups in total. The summed E-state index contributed by atoms with van der Waals surface area (Å²) in [5.74, 6) is 0.702. The lowest BCUT2D eigenvalue weighted by Crippen LogP contribution is -2.46. The van der Waals surface area contributed by atoms with Gasteiger partial charge in [-0.25, -0.2) is 10.2 Å². The lowest BCUT2D eigenvalue weighted by Gasteiger charge is -2.18. The Morgan fingerprint density at radius 3 is 2.29 bits per heavy atom. The molecule has 1 aliphatic heterocycles. The number of ether oxygens (including phenoxy) is 1. The Bertz CT molecular complexity index is 369. The van der Waals surface area contributed by atoms with Crippen LogP contribution in [0.25, 0.3) is 0 Å². The first-order valence-corrected chi connectivity index (χ1v) is 5.96. The molecule has 3 rings (SSSR count). The van der Waals surface area contributed by atoms with Crippen LogP contribution in [0, 0.1) is 11.8 Å². The maximum atomic E-state index is 11.5. The summed E-state index contributed by atoms with van der Waals surface area (Å²) in [7, 11) is 0. The summed E-state index contributed by atoms with van der Waals surface area (Å²) in [5, 5.41) is 0.762. The van der Waals surface area contributed by atoms with Crippen molar-refractivity contribution in [2.24, 2.45) is 11.8 Å². The number of rotatable bonds is 2. The van der Waals surface area contributed by atoms with Gasteiger partial charge in [0.25, 0.3) is 0 Å². The molecule has 2 aliphatic carbocycles. The molecule has 0 spiro atoms. The average molecular weight is 238 g/mol. The molecule has 3 aliphatic rings. The Balaban J connectivity index is 1.49. The summed E-state index contributed by atoms with van der Waals surface area (Å²) >= 11 is 0. The fraction of sp³-hybridized carbons (Fsp3) is 0.727. The molecule has 1 heterocycles. The Morgan fingerprint density at radius 1 is 1.12 bits per heavy atom. The Morgan fingerprint density at radius 2 is 1.71 bits per heavy atom. The fourth-order valence-corrected chi connectivity index (χ4v) is 2.73. The highest BCUT2D eigenvalue weighted by atomic mass is 16.6. The molecule has 2 saturated carbocycles. The number of imide groups is 1. The van der Waals surface area contributed by atoms with E-state index in [2.05, 4.69) is 5.43 Å². The molecule has 3 atom stereocenters. The number of fused-ring (bicyclic) bond motifs is 1. The molecule has 0 bridgehead atoms. The molecule has 1 unspecified atom stereocenters. The maximum absolute atomic E-state index is 11.5. The van der Waals surface area contributed by atoms with Crippen molar-refractivity contribution in [2.45, 2.75) is 38.2 Å². The lowest BCUT2D eigenvalue weighted by atomic mass is 10.2. The van der Waals surface area contributed by atoms with Crippen molar-refractivity contribution in [1.82, 2.24) is 10.4 Å². The van der Waals surface area contributed by atoms with Crippen molar-refractivity contribution in [3.63, 3.8) is 0 Å². The first-order valence-electron chi connectivity index (χ1n) is 5.96. The summed E-state index contributed by atoms with van der Waals surface area (Å²) in [4.78, 5) is 34.0. The molecule has 0 aromatic carbocycles. The molecule has 3 amide bonds. The third-order valence-corrected chi connectivity index (χ3v) is 3.73. The Hall–Kier alpha value is -1.59. The SMILES string of the molecule is O=C(NN1C(=O)CCC1=O)OC1C[C@@H]2C[C@@H]2C1. The second-order valence-electron chi connectivity index (χ2n) is 4.99. The number of hydrogen-bond acceptors (Lipinski definition) is 4. The van der Waals surface area contributed by atoms with Gasteiger partial charge in [0.05, 0.1) is 0 Å². The predicted molar refractivity (Wildman–Crippen MR) is 55.3 cm³/mol. The van der Waals surface area contributed by atoms with E-state index < -0.39 is 6.09 Å². The zero-order chi connectivity index (χ0) is 12.0. The van der Waals surface area contributed by atoms with Crippen LogP contribution in [-0.2, 0) is 14.3 Å². The Kier molecular flexibility index (Phi) is 2.31. The number of hydrogen-bond donors (Lipinski definition) is 1. The van der Waals surface area contributed by atoms with Gasteiger partial charge in [0.2, 0.25) is 11.8 Å². The normalized spacial score (nSPS) is 34.8. The standard InChI is InChI=1S/C11H14N2O4/c14-9-1-2-10(15)13(9)12-11(16)17-8-4-6-3-7(6)5-8/h6-8H,1-5H2,(H,12,16)/t6-,7+,8?. The van der Waals surface area contributed by atoms with Crippen molar-refractivity contribution in [3.8, 4) is 0 Å². The van der Waals surface area contributed by atoms with E-state index in [9.17, 15) is 14.4 Å². The number of carbonyl (C=O) groups excluding carboxylic acids is 3. The van der Waals surface area contributed by atoms with Gasteiger partial charge in [-0.05, 0) is 31.1 Å². The number of amides is 3. The van der Waals surface area contributed by atoms with Crippen molar-refractivity contribution >= 4 is 17.9 Å². The zero-order valence-electron chi connectivity index (χ0n) is 9.35. The first kappa shape index (κ1) is 10.6. The van der Waals surface area contributed by atoms with Gasteiger partial charge in [0.1, 0.15) is 6.10 Å². The quantitative estimate of drug-likeness (QED) is 0.714. The highest BCUT2D eigenvalue weighted by molar-refractivity contribution is 6.02. The van der Waals surface area contributed by atoms with Gasteiger partial charge in [-0.15, -0.1) is 0 Å². The van der Waals surface area contributed by atoms with Crippen LogP contribution in [0.5, 0.6) is 0 Å². The molecule has 92 valence electrons. The van der Waals surface area contributed by atoms with Gasteiger partial charge in [0.15, 0.2) is 0 Å². The predicted octanol–water partition coefficient (Wildman–Crippen LogP) is 0.575. The largest absolute Gasteiger partial charge is 0.445 e. The fourth-order valence-electron chi connectivity index (χ4n) is 2.73. The van der Waals surface area contributed by atoms with Gasteiger partial charge in [0, 0.05) is 12.8 Å². The van der Waals surface area contributed by atoms with E-state index in [-0.39, 0.29) is 30.8 Å². The number of hydrazine groups is 1. The van der Waals surface area contributed by atoms with E-state index in [1.807, 2.05) is 0 Å². The summed E-state index contributed by atoms with van der Waals surface area (Å²) in [6, 6.07) is 0. The number of nitrogens with zero attached hydrogens (tertiary/aromatic N) is 1. The van der Waals surface area contributed by atoms with E-state index in [1.165, 1.54) is 6.42 Å². The monoisotopic (exact) mass is 238 g/mol. The van der Waals surface area contributed by atoms with Gasteiger partial charge >= 0.3 is 6.09 Å². The molecule has 0 aromatic heterocycles. The van der Waals surface area contributed by atoms with E-state index in [0.717, 1.165) is 29.7 Å². The highest BCUT2D eigenvalue weighted by Crippen LogP contribution is 2.52. The van der Waals surface area contributed by atoms with E-state index in [1.54, 1.807) is 0 Å². The van der Waals surface area contributed by atoms with Gasteiger partial charge in [-0.1, -0.05) is 0 Å². The smallest absolute Gasteiger partial charge is 0.426 e. The molecule has 3 fully saturated rings. The second-order valence-corrected chi connectivity index (χ2v) is 4.99. The molecule has 17 heavy (non-hydrogen) atoms. The third-order valence-electron chi connectivity index (χ3n) is 3.73. The van der Waals surface area contributed by atoms with Crippen LogP contribution in [0.4, 0.5) is 4.79 Å². The topological polar surface area (TPSA) is 75.7 Å². The van der Waals surface area contributed by atoms with Gasteiger partial charge in [-0.3, -0.25) is 9.59 Å². The molecule has 1 saturated heterocycles. The van der Waals surface area contributed by atoms with Crippen LogP contribution >= 0.6 is 0 Å². The molecule has 0 radical (unpaired) electrons. The Labute approximate surface area is 98.2 Å². The van der Waals surface area contributed by atoms with Crippen LogP contribution in [0.3, 0.4) is 0 Å². The molecule has 6 nitrogen and oxygen atoms in total. The summed E-state index contributed by atoms with van der Waals surface area (Å²) in [6.45, 7) is 0. The summed E-state index contributed by atoms with van der Waals surface area (Å²) in [6.07, 6.45) is 2.66. The van der Waals surface area contributed by atoms with E-state index >= 15 is 0 Å². The average Bonchev–Trinajstić information content (AvgIpc) is 2.78. The summed E-state index contributed by atoms with van der Waals surface area (Å²) < 4.78 is 5.17. The number of carbonyl (C=O) groups is 3. The third kappa shape index (κ3) is 1.99. The first-order chi connectivity index (χ1) is 8.13. The molecule has 6 heteroatoms. The number of nitrogens with one attached hydrogen (secondary N) is 1. The van der Waals surface area contributed by atoms with Crippen LogP contribution in [-0.4, -0.2) is 29.0 Å². The highest BCUT2D eigenvalue weighted by Gasteiger charge is 2.47. The van der Waals surface area contributed by atoms with Crippen molar-refractivity contribution in [3.05, 3.63) is 0 Å². The van der Waals surface area contributed by atoms with Gasteiger partial charge in [-0.2, -0.15) is 5.01 Å². The van der Waals surface area contributed by atoms with E-state index in [4.69, 9.17) is 4.74 Å². The van der Waals surface area contributed by atoms with Crippen molar-refractivity contribution in [2.75, 3.05) is 0 Å². The van der Waals surface area contributed by atoms with E-state index in [0.29, 0.717) is 0 Å². The molecular formula is C11H14N2O4. The van der Waals surface area contributed by atoms with Gasteiger partial charge < -0.3 is 4.74 Å². The maximum Gasteiger partial charge on any atom is 0.426 e.